The fourth-order valence-electron chi connectivity index (χ4n) is 3.00. The zero-order valence-corrected chi connectivity index (χ0v) is 16.4. The van der Waals surface area contributed by atoms with Crippen LogP contribution in [0.15, 0.2) is 0 Å². The third kappa shape index (κ3) is 10.7. The second kappa shape index (κ2) is 14.6. The number of rotatable bonds is 0. The van der Waals surface area contributed by atoms with E-state index in [1.54, 1.807) is 0 Å². The Kier molecular flexibility index (Phi) is 19.8. The van der Waals surface area contributed by atoms with Crippen LogP contribution in [0.3, 0.4) is 0 Å². The minimum atomic E-state index is 0. The van der Waals surface area contributed by atoms with Gasteiger partial charge in [-0.15, -0.1) is 0 Å². The maximum Gasteiger partial charge on any atom is -0.0329 e. The van der Waals surface area contributed by atoms with Crippen LogP contribution in [-0.4, -0.2) is 0 Å². The summed E-state index contributed by atoms with van der Waals surface area (Å²) in [7, 11) is 0. The molecule has 140 valence electrons. The van der Waals surface area contributed by atoms with Crippen molar-refractivity contribution in [2.45, 2.75) is 123 Å². The van der Waals surface area contributed by atoms with E-state index in [0.29, 0.717) is 10.8 Å². The van der Waals surface area contributed by atoms with E-state index in [1.165, 1.54) is 38.5 Å². The Balaban J connectivity index is -0.000000112. The van der Waals surface area contributed by atoms with E-state index in [0.717, 1.165) is 11.8 Å². The van der Waals surface area contributed by atoms with Crippen LogP contribution in [0.4, 0.5) is 0 Å². The van der Waals surface area contributed by atoms with Crippen molar-refractivity contribution in [3.8, 4) is 0 Å². The zero-order chi connectivity index (χ0) is 16.4. The largest absolute Gasteiger partial charge is 0.0776 e. The highest BCUT2D eigenvalue weighted by atomic mass is 14.4. The third-order valence-electron chi connectivity index (χ3n) is 5.58. The molecule has 0 heteroatoms. The van der Waals surface area contributed by atoms with Gasteiger partial charge in [-0.3, -0.25) is 0 Å². The van der Waals surface area contributed by atoms with Crippen LogP contribution in [0.1, 0.15) is 123 Å². The van der Waals surface area contributed by atoms with Crippen LogP contribution in [-0.2, 0) is 0 Å². The highest BCUT2D eigenvalue weighted by molar-refractivity contribution is 4.82. The standard InChI is InChI=1S/2C8H16.2C2H6.2CH4/c2*1-7-5-4-6-8(7,2)3;2*1-2;;/h2*7H,4-6H2,1-3H3;2*1-2H3;2*1H4/t2*7-;;;;/m10..../s1. The molecule has 0 aromatic carbocycles. The monoisotopic (exact) mass is 316 g/mol. The van der Waals surface area contributed by atoms with Crippen molar-refractivity contribution in [3.63, 3.8) is 0 Å². The fraction of sp³-hybridized carbons (Fsp3) is 1.00. The summed E-state index contributed by atoms with van der Waals surface area (Å²) in [6, 6.07) is 0. The molecule has 0 spiro atoms. The summed E-state index contributed by atoms with van der Waals surface area (Å²) < 4.78 is 0. The zero-order valence-electron chi connectivity index (χ0n) is 16.4. The first kappa shape index (κ1) is 29.9. The molecule has 0 bridgehead atoms. The van der Waals surface area contributed by atoms with Crippen molar-refractivity contribution in [3.05, 3.63) is 0 Å². The molecule has 0 heterocycles. The van der Waals surface area contributed by atoms with Crippen molar-refractivity contribution >= 4 is 0 Å². The fourth-order valence-corrected chi connectivity index (χ4v) is 3.00. The van der Waals surface area contributed by atoms with Crippen molar-refractivity contribution in [2.75, 3.05) is 0 Å². The summed E-state index contributed by atoms with van der Waals surface area (Å²) in [6.07, 6.45) is 8.69. The first-order chi connectivity index (χ1) is 9.26. The molecular formula is C22H52. The minimum absolute atomic E-state index is 0. The van der Waals surface area contributed by atoms with Gasteiger partial charge in [0.1, 0.15) is 0 Å². The Morgan fingerprint density at radius 1 is 0.591 bits per heavy atom. The molecule has 2 aliphatic rings. The van der Waals surface area contributed by atoms with Gasteiger partial charge in [-0.1, -0.05) is 110 Å². The van der Waals surface area contributed by atoms with Crippen LogP contribution < -0.4 is 0 Å². The van der Waals surface area contributed by atoms with E-state index in [9.17, 15) is 0 Å². The highest BCUT2D eigenvalue weighted by Crippen LogP contribution is 2.42. The number of hydrogen-bond acceptors (Lipinski definition) is 0. The predicted molar refractivity (Wildman–Crippen MR) is 110 cm³/mol. The van der Waals surface area contributed by atoms with Gasteiger partial charge >= 0.3 is 0 Å². The van der Waals surface area contributed by atoms with Crippen LogP contribution >= 0.6 is 0 Å². The van der Waals surface area contributed by atoms with Gasteiger partial charge in [0.05, 0.1) is 0 Å². The summed E-state index contributed by atoms with van der Waals surface area (Å²) in [6.45, 7) is 22.3. The lowest BCUT2D eigenvalue weighted by Gasteiger charge is -2.22. The third-order valence-corrected chi connectivity index (χ3v) is 5.58. The molecule has 22 heavy (non-hydrogen) atoms. The molecular weight excluding hydrogens is 264 g/mol. The highest BCUT2D eigenvalue weighted by Gasteiger charge is 2.30. The Bertz CT molecular complexity index is 188. The first-order valence-electron chi connectivity index (χ1n) is 9.26. The molecule has 2 atom stereocenters. The van der Waals surface area contributed by atoms with Crippen molar-refractivity contribution in [1.29, 1.82) is 0 Å². The molecule has 0 unspecified atom stereocenters. The minimum Gasteiger partial charge on any atom is -0.0776 e. The maximum absolute atomic E-state index is 2.38. The topological polar surface area (TPSA) is 0 Å². The average molecular weight is 317 g/mol. The molecule has 2 rings (SSSR count). The van der Waals surface area contributed by atoms with Gasteiger partial charge in [0.2, 0.25) is 0 Å². The predicted octanol–water partition coefficient (Wildman–Crippen LogP) is 8.99. The molecule has 2 fully saturated rings. The van der Waals surface area contributed by atoms with E-state index in [1.807, 2.05) is 27.7 Å². The quantitative estimate of drug-likeness (QED) is 0.418. The van der Waals surface area contributed by atoms with Crippen molar-refractivity contribution in [1.82, 2.24) is 0 Å². The van der Waals surface area contributed by atoms with Gasteiger partial charge in [0.25, 0.3) is 0 Å². The average Bonchev–Trinajstić information content (AvgIpc) is 2.88. The lowest BCUT2D eigenvalue weighted by atomic mass is 9.83. The van der Waals surface area contributed by atoms with Crippen LogP contribution in [0, 0.1) is 22.7 Å². The molecule has 0 radical (unpaired) electrons. The van der Waals surface area contributed by atoms with Gasteiger partial charge in [-0.25, -0.2) is 0 Å². The van der Waals surface area contributed by atoms with Gasteiger partial charge in [0.15, 0.2) is 0 Å². The molecule has 0 N–H and O–H groups in total. The van der Waals surface area contributed by atoms with Gasteiger partial charge in [0, 0.05) is 0 Å². The maximum atomic E-state index is 2.38. The summed E-state index contributed by atoms with van der Waals surface area (Å²) in [5, 5.41) is 0. The molecule has 0 nitrogen and oxygen atoms in total. The molecule has 0 amide bonds. The SMILES string of the molecule is C.C.CC.CC.C[C@@H]1CCCC1(C)C.C[C@H]1CCCC1(C)C. The summed E-state index contributed by atoms with van der Waals surface area (Å²) in [5.74, 6) is 1.92. The Labute approximate surface area is 145 Å². The summed E-state index contributed by atoms with van der Waals surface area (Å²) >= 11 is 0. The second-order valence-electron chi connectivity index (χ2n) is 7.56. The Hall–Kier alpha value is 0. The summed E-state index contributed by atoms with van der Waals surface area (Å²) in [5.41, 5.74) is 1.31. The van der Waals surface area contributed by atoms with E-state index in [-0.39, 0.29) is 14.9 Å². The lowest BCUT2D eigenvalue weighted by Crippen LogP contribution is -2.13. The van der Waals surface area contributed by atoms with Crippen molar-refractivity contribution in [2.24, 2.45) is 22.7 Å². The lowest BCUT2D eigenvalue weighted by molar-refractivity contribution is 0.281. The molecule has 0 aromatic rings. The Morgan fingerprint density at radius 3 is 0.864 bits per heavy atom. The van der Waals surface area contributed by atoms with E-state index >= 15 is 0 Å². The molecule has 2 aliphatic carbocycles. The molecule has 2 saturated carbocycles. The molecule has 0 aliphatic heterocycles. The smallest absolute Gasteiger partial charge is 0.0329 e. The van der Waals surface area contributed by atoms with Crippen molar-refractivity contribution < 1.29 is 0 Å². The summed E-state index contributed by atoms with van der Waals surface area (Å²) in [4.78, 5) is 0. The van der Waals surface area contributed by atoms with Gasteiger partial charge < -0.3 is 0 Å². The van der Waals surface area contributed by atoms with E-state index in [4.69, 9.17) is 0 Å². The first-order valence-corrected chi connectivity index (χ1v) is 9.26. The van der Waals surface area contributed by atoms with Gasteiger partial charge in [-0.2, -0.15) is 0 Å². The number of hydrogen-bond donors (Lipinski definition) is 0. The molecule has 0 saturated heterocycles. The van der Waals surface area contributed by atoms with Crippen LogP contribution in [0.5, 0.6) is 0 Å². The second-order valence-corrected chi connectivity index (χ2v) is 7.56. The van der Waals surface area contributed by atoms with Crippen LogP contribution in [0.25, 0.3) is 0 Å². The van der Waals surface area contributed by atoms with Crippen LogP contribution in [0.2, 0.25) is 0 Å². The van der Waals surface area contributed by atoms with E-state index in [2.05, 4.69) is 41.5 Å². The normalized spacial score (nSPS) is 26.5. The van der Waals surface area contributed by atoms with Gasteiger partial charge in [-0.05, 0) is 35.5 Å². The van der Waals surface area contributed by atoms with E-state index < -0.39 is 0 Å². The Morgan fingerprint density at radius 2 is 0.818 bits per heavy atom. The molecule has 0 aromatic heterocycles.